The minimum atomic E-state index is -0.0772. The molecular formula is C19H18Cl3N3O. The van der Waals surface area contributed by atoms with E-state index in [1.54, 1.807) is 18.6 Å². The van der Waals surface area contributed by atoms with Crippen LogP contribution in [0.2, 0.25) is 15.1 Å². The van der Waals surface area contributed by atoms with Crippen molar-refractivity contribution in [2.24, 2.45) is 0 Å². The molecule has 2 aromatic carbocycles. The lowest BCUT2D eigenvalue weighted by molar-refractivity contribution is 0.0379. The number of hydrogen-bond acceptors (Lipinski definition) is 3. The average Bonchev–Trinajstić information content (AvgIpc) is 3.13. The molecule has 0 aliphatic heterocycles. The molecule has 1 N–H and O–H groups in total. The van der Waals surface area contributed by atoms with Crippen LogP contribution < -0.4 is 5.32 Å². The van der Waals surface area contributed by atoms with E-state index in [1.807, 2.05) is 47.2 Å². The zero-order valence-corrected chi connectivity index (χ0v) is 16.2. The first-order chi connectivity index (χ1) is 12.6. The van der Waals surface area contributed by atoms with Gasteiger partial charge in [-0.15, -0.1) is 0 Å². The van der Waals surface area contributed by atoms with Crippen LogP contribution in [0.5, 0.6) is 0 Å². The van der Waals surface area contributed by atoms with Crippen LogP contribution in [0.4, 0.5) is 5.69 Å². The van der Waals surface area contributed by atoms with Crippen LogP contribution >= 0.6 is 34.8 Å². The topological polar surface area (TPSA) is 39.1 Å². The first-order valence-corrected chi connectivity index (χ1v) is 9.24. The van der Waals surface area contributed by atoms with Crippen LogP contribution in [0.25, 0.3) is 0 Å². The molecule has 4 nitrogen and oxygen atoms in total. The van der Waals surface area contributed by atoms with E-state index in [0.29, 0.717) is 34.8 Å². The highest BCUT2D eigenvalue weighted by Gasteiger charge is 2.12. The van der Waals surface area contributed by atoms with Gasteiger partial charge in [-0.05, 0) is 42.0 Å². The zero-order chi connectivity index (χ0) is 18.4. The highest BCUT2D eigenvalue weighted by Crippen LogP contribution is 2.22. The molecule has 3 aromatic rings. The summed E-state index contributed by atoms with van der Waals surface area (Å²) in [5, 5.41) is 5.29. The summed E-state index contributed by atoms with van der Waals surface area (Å²) in [5.41, 5.74) is 1.89. The Morgan fingerprint density at radius 2 is 1.81 bits per heavy atom. The van der Waals surface area contributed by atoms with E-state index in [1.165, 1.54) is 0 Å². The number of ether oxygens (including phenoxy) is 1. The maximum atomic E-state index is 6.24. The summed E-state index contributed by atoms with van der Waals surface area (Å²) in [6.07, 6.45) is 5.35. The fourth-order valence-corrected chi connectivity index (χ4v) is 3.04. The lowest BCUT2D eigenvalue weighted by atomic mass is 10.2. The van der Waals surface area contributed by atoms with Gasteiger partial charge >= 0.3 is 0 Å². The molecule has 0 spiro atoms. The van der Waals surface area contributed by atoms with E-state index in [-0.39, 0.29) is 6.10 Å². The molecule has 0 fully saturated rings. The minimum absolute atomic E-state index is 0.0772. The van der Waals surface area contributed by atoms with Gasteiger partial charge in [0.15, 0.2) is 0 Å². The third kappa shape index (κ3) is 5.64. The predicted octanol–water partition coefficient (Wildman–Crippen LogP) is 5.54. The maximum absolute atomic E-state index is 6.24. The molecule has 1 unspecified atom stereocenters. The second-order valence-corrected chi connectivity index (χ2v) is 7.10. The van der Waals surface area contributed by atoms with Crippen molar-refractivity contribution in [3.05, 3.63) is 81.8 Å². The van der Waals surface area contributed by atoms with Crippen LogP contribution in [0.1, 0.15) is 5.56 Å². The normalized spacial score (nSPS) is 12.1. The molecule has 0 saturated heterocycles. The molecule has 26 heavy (non-hydrogen) atoms. The largest absolute Gasteiger partial charge is 0.382 e. The van der Waals surface area contributed by atoms with Gasteiger partial charge in [-0.1, -0.05) is 40.9 Å². The Morgan fingerprint density at radius 3 is 2.50 bits per heavy atom. The molecule has 0 amide bonds. The van der Waals surface area contributed by atoms with Crippen LogP contribution in [0, 0.1) is 0 Å². The van der Waals surface area contributed by atoms with Crippen molar-refractivity contribution in [3.63, 3.8) is 0 Å². The standard InChI is InChI=1S/C19H18Cl3N3O/c20-15-3-5-17(6-4-15)24-10-18(11-25-8-7-23-13-25)26-12-14-1-2-16(21)9-19(14)22/h1-9,13,18,24H,10-12H2. The van der Waals surface area contributed by atoms with Gasteiger partial charge in [-0.2, -0.15) is 0 Å². The van der Waals surface area contributed by atoms with Gasteiger partial charge in [0.25, 0.3) is 0 Å². The Bertz CT molecular complexity index is 823. The van der Waals surface area contributed by atoms with E-state index in [9.17, 15) is 0 Å². The monoisotopic (exact) mass is 409 g/mol. The number of anilines is 1. The summed E-state index contributed by atoms with van der Waals surface area (Å²) in [6, 6.07) is 13.0. The van der Waals surface area contributed by atoms with Crippen LogP contribution in [-0.4, -0.2) is 22.2 Å². The quantitative estimate of drug-likeness (QED) is 0.530. The third-order valence-corrected chi connectivity index (χ3v) is 4.68. The number of benzene rings is 2. The van der Waals surface area contributed by atoms with Crippen molar-refractivity contribution in [1.82, 2.24) is 9.55 Å². The molecule has 0 aliphatic rings. The number of rotatable bonds is 8. The van der Waals surface area contributed by atoms with Crippen molar-refractivity contribution in [3.8, 4) is 0 Å². The lowest BCUT2D eigenvalue weighted by Crippen LogP contribution is -2.28. The second-order valence-electron chi connectivity index (χ2n) is 5.82. The van der Waals surface area contributed by atoms with Crippen molar-refractivity contribution < 1.29 is 4.74 Å². The maximum Gasteiger partial charge on any atom is 0.0946 e. The molecule has 7 heteroatoms. The summed E-state index contributed by atoms with van der Waals surface area (Å²) in [5.74, 6) is 0. The fraction of sp³-hybridized carbons (Fsp3) is 0.211. The molecule has 0 bridgehead atoms. The van der Waals surface area contributed by atoms with Gasteiger partial charge in [0.1, 0.15) is 0 Å². The minimum Gasteiger partial charge on any atom is -0.382 e. The van der Waals surface area contributed by atoms with Gasteiger partial charge in [0.05, 0.1) is 25.6 Å². The summed E-state index contributed by atoms with van der Waals surface area (Å²) in [4.78, 5) is 4.08. The number of hydrogen-bond donors (Lipinski definition) is 1. The van der Waals surface area contributed by atoms with Gasteiger partial charge in [0, 0.05) is 39.7 Å². The Kier molecular flexibility index (Phi) is 6.80. The third-order valence-electron chi connectivity index (χ3n) is 3.84. The summed E-state index contributed by atoms with van der Waals surface area (Å²) < 4.78 is 8.09. The van der Waals surface area contributed by atoms with E-state index >= 15 is 0 Å². The van der Waals surface area contributed by atoms with Crippen LogP contribution in [0.3, 0.4) is 0 Å². The second kappa shape index (κ2) is 9.28. The molecule has 3 rings (SSSR count). The highest BCUT2D eigenvalue weighted by atomic mass is 35.5. The number of nitrogens with zero attached hydrogens (tertiary/aromatic N) is 2. The fourth-order valence-electron chi connectivity index (χ4n) is 2.45. The number of imidazole rings is 1. The Hall–Kier alpha value is -1.72. The number of halogens is 3. The Labute approximate surface area is 167 Å². The first-order valence-electron chi connectivity index (χ1n) is 8.11. The van der Waals surface area contributed by atoms with E-state index < -0.39 is 0 Å². The molecule has 1 atom stereocenters. The van der Waals surface area contributed by atoms with E-state index in [2.05, 4.69) is 10.3 Å². The van der Waals surface area contributed by atoms with Gasteiger partial charge in [-0.25, -0.2) is 4.98 Å². The molecule has 1 heterocycles. The lowest BCUT2D eigenvalue weighted by Gasteiger charge is -2.20. The van der Waals surface area contributed by atoms with Crippen molar-refractivity contribution in [1.29, 1.82) is 0 Å². The van der Waals surface area contributed by atoms with E-state index in [4.69, 9.17) is 39.5 Å². The molecule has 1 aromatic heterocycles. The summed E-state index contributed by atoms with van der Waals surface area (Å²) >= 11 is 18.1. The molecule has 0 saturated carbocycles. The van der Waals surface area contributed by atoms with Crippen molar-refractivity contribution in [2.45, 2.75) is 19.3 Å². The Morgan fingerprint density at radius 1 is 1.04 bits per heavy atom. The van der Waals surface area contributed by atoms with Crippen LogP contribution in [0.15, 0.2) is 61.2 Å². The van der Waals surface area contributed by atoms with Gasteiger partial charge in [-0.3, -0.25) is 0 Å². The number of aromatic nitrogens is 2. The average molecular weight is 411 g/mol. The summed E-state index contributed by atoms with van der Waals surface area (Å²) in [7, 11) is 0. The van der Waals surface area contributed by atoms with E-state index in [0.717, 1.165) is 11.3 Å². The van der Waals surface area contributed by atoms with Gasteiger partial charge in [0.2, 0.25) is 0 Å². The van der Waals surface area contributed by atoms with Crippen LogP contribution in [-0.2, 0) is 17.9 Å². The van der Waals surface area contributed by atoms with Crippen molar-refractivity contribution >= 4 is 40.5 Å². The molecular weight excluding hydrogens is 393 g/mol. The van der Waals surface area contributed by atoms with Gasteiger partial charge < -0.3 is 14.6 Å². The predicted molar refractivity (Wildman–Crippen MR) is 107 cm³/mol. The smallest absolute Gasteiger partial charge is 0.0946 e. The molecule has 0 radical (unpaired) electrons. The summed E-state index contributed by atoms with van der Waals surface area (Å²) in [6.45, 7) is 1.70. The first kappa shape index (κ1) is 19.1. The number of nitrogens with one attached hydrogen (secondary N) is 1. The Balaban J connectivity index is 1.63. The highest BCUT2D eigenvalue weighted by molar-refractivity contribution is 6.35. The molecule has 0 aliphatic carbocycles. The SMILES string of the molecule is Clc1ccc(NCC(Cn2ccnc2)OCc2ccc(Cl)cc2Cl)cc1. The molecule has 136 valence electrons. The zero-order valence-electron chi connectivity index (χ0n) is 13.9. The van der Waals surface area contributed by atoms with Crippen molar-refractivity contribution in [2.75, 3.05) is 11.9 Å².